The van der Waals surface area contributed by atoms with Gasteiger partial charge in [-0.25, -0.2) is 0 Å². The molecule has 1 N–H and O–H groups in total. The molecule has 5 nitrogen and oxygen atoms in total. The molecule has 1 aromatic carbocycles. The normalized spacial score (nSPS) is 24.4. The number of hydrogen-bond donors (Lipinski definition) is 1. The maximum atomic E-state index is 12.4. The molecule has 0 saturated carbocycles. The van der Waals surface area contributed by atoms with E-state index in [1.54, 1.807) is 13.2 Å². The highest BCUT2D eigenvalue weighted by Crippen LogP contribution is 2.41. The van der Waals surface area contributed by atoms with Gasteiger partial charge in [0.2, 0.25) is 0 Å². The number of anilines is 1. The van der Waals surface area contributed by atoms with Crippen molar-refractivity contribution in [3.63, 3.8) is 0 Å². The van der Waals surface area contributed by atoms with Crippen LogP contribution in [0.25, 0.3) is 11.0 Å². The third-order valence-electron chi connectivity index (χ3n) is 4.45. The number of carbonyl (C=O) groups excluding carboxylic acids is 1. The van der Waals surface area contributed by atoms with Crippen molar-refractivity contribution in [1.82, 2.24) is 0 Å². The van der Waals surface area contributed by atoms with Crippen LogP contribution in [0.4, 0.5) is 5.69 Å². The van der Waals surface area contributed by atoms with Crippen molar-refractivity contribution in [3.05, 3.63) is 30.0 Å². The van der Waals surface area contributed by atoms with Gasteiger partial charge in [-0.05, 0) is 44.5 Å². The second-order valence-corrected chi connectivity index (χ2v) is 5.62. The molecule has 0 radical (unpaired) electrons. The summed E-state index contributed by atoms with van der Waals surface area (Å²) in [6.45, 7) is 6.79. The molecule has 22 heavy (non-hydrogen) atoms. The predicted molar refractivity (Wildman–Crippen MR) is 84.1 cm³/mol. The quantitative estimate of drug-likeness (QED) is 0.883. The fourth-order valence-corrected chi connectivity index (χ4v) is 3.33. The maximum absolute atomic E-state index is 12.4. The second kappa shape index (κ2) is 5.65. The molecular weight excluding hydrogens is 282 g/mol. The van der Waals surface area contributed by atoms with Crippen molar-refractivity contribution in [1.29, 1.82) is 0 Å². The van der Waals surface area contributed by atoms with Crippen LogP contribution in [0.15, 0.2) is 28.9 Å². The average Bonchev–Trinajstić information content (AvgIpc) is 2.94. The highest BCUT2D eigenvalue weighted by molar-refractivity contribution is 5.90. The molecule has 0 saturated heterocycles. The Hall–Kier alpha value is -2.01. The lowest BCUT2D eigenvalue weighted by Crippen LogP contribution is -2.50. The van der Waals surface area contributed by atoms with E-state index in [-0.39, 0.29) is 12.0 Å². The molecule has 0 amide bonds. The van der Waals surface area contributed by atoms with Gasteiger partial charge in [-0.3, -0.25) is 4.79 Å². The van der Waals surface area contributed by atoms with Crippen molar-refractivity contribution in [2.24, 2.45) is 0 Å². The van der Waals surface area contributed by atoms with Gasteiger partial charge in [-0.15, -0.1) is 0 Å². The van der Waals surface area contributed by atoms with E-state index in [0.29, 0.717) is 12.2 Å². The standard InChI is InChI=1S/C17H21NO4/c1-4-18-10(3)16(19)15(17(20)21-5-2)12-9-14-11(6-7-22-14)8-13(12)18/h6-10,15-16,19H,4-5H2,1-3H3. The van der Waals surface area contributed by atoms with Crippen molar-refractivity contribution in [3.8, 4) is 0 Å². The van der Waals surface area contributed by atoms with Gasteiger partial charge in [0.15, 0.2) is 0 Å². The van der Waals surface area contributed by atoms with Crippen LogP contribution >= 0.6 is 0 Å². The molecule has 0 spiro atoms. The molecule has 5 heteroatoms. The van der Waals surface area contributed by atoms with E-state index in [1.807, 2.05) is 32.0 Å². The minimum atomic E-state index is -0.807. The number of carbonyl (C=O) groups is 1. The van der Waals surface area contributed by atoms with Gasteiger partial charge in [0.1, 0.15) is 11.5 Å². The molecule has 0 bridgehead atoms. The number of ether oxygens (including phenoxy) is 1. The SMILES string of the molecule is CCOC(=O)C1c2cc3occc3cc2N(CC)C(C)C1O. The second-order valence-electron chi connectivity index (χ2n) is 5.62. The van der Waals surface area contributed by atoms with E-state index in [2.05, 4.69) is 4.90 Å². The van der Waals surface area contributed by atoms with Crippen LogP contribution in [0.5, 0.6) is 0 Å². The molecule has 2 aromatic rings. The zero-order chi connectivity index (χ0) is 15.9. The van der Waals surface area contributed by atoms with Crippen LogP contribution in [0.3, 0.4) is 0 Å². The minimum Gasteiger partial charge on any atom is -0.465 e. The monoisotopic (exact) mass is 303 g/mol. The van der Waals surface area contributed by atoms with Gasteiger partial charge in [0.05, 0.1) is 25.0 Å². The highest BCUT2D eigenvalue weighted by atomic mass is 16.5. The third kappa shape index (κ3) is 2.16. The predicted octanol–water partition coefficient (Wildman–Crippen LogP) is 2.67. The maximum Gasteiger partial charge on any atom is 0.316 e. The number of nitrogens with zero attached hydrogens (tertiary/aromatic N) is 1. The molecular formula is C17H21NO4. The van der Waals surface area contributed by atoms with Crippen molar-refractivity contribution in [2.75, 3.05) is 18.1 Å². The smallest absolute Gasteiger partial charge is 0.316 e. The first-order valence-corrected chi connectivity index (χ1v) is 7.71. The Bertz CT molecular complexity index is 693. The Kier molecular flexibility index (Phi) is 3.83. The minimum absolute atomic E-state index is 0.156. The Morgan fingerprint density at radius 2 is 2.18 bits per heavy atom. The van der Waals surface area contributed by atoms with E-state index >= 15 is 0 Å². The summed E-state index contributed by atoms with van der Waals surface area (Å²) in [5, 5.41) is 11.6. The number of esters is 1. The summed E-state index contributed by atoms with van der Waals surface area (Å²) < 4.78 is 10.6. The largest absolute Gasteiger partial charge is 0.465 e. The molecule has 1 aliphatic rings. The van der Waals surface area contributed by atoms with E-state index in [0.717, 1.165) is 23.2 Å². The molecule has 118 valence electrons. The zero-order valence-corrected chi connectivity index (χ0v) is 13.1. The number of hydrogen-bond acceptors (Lipinski definition) is 5. The molecule has 0 aliphatic carbocycles. The van der Waals surface area contributed by atoms with Crippen LogP contribution in [0.1, 0.15) is 32.3 Å². The number of fused-ring (bicyclic) bond motifs is 2. The van der Waals surface area contributed by atoms with Gasteiger partial charge in [0, 0.05) is 17.6 Å². The zero-order valence-electron chi connectivity index (χ0n) is 13.1. The molecule has 3 atom stereocenters. The number of benzene rings is 1. The summed E-state index contributed by atoms with van der Waals surface area (Å²) in [6, 6.07) is 5.62. The van der Waals surface area contributed by atoms with Crippen LogP contribution in [-0.4, -0.2) is 36.4 Å². The number of aliphatic hydroxyl groups is 1. The summed E-state index contributed by atoms with van der Waals surface area (Å²) in [6.07, 6.45) is 0.824. The Morgan fingerprint density at radius 1 is 1.41 bits per heavy atom. The molecule has 2 heterocycles. The topological polar surface area (TPSA) is 62.9 Å². The number of rotatable bonds is 3. The summed E-state index contributed by atoms with van der Waals surface area (Å²) in [4.78, 5) is 14.5. The van der Waals surface area contributed by atoms with Gasteiger partial charge in [-0.2, -0.15) is 0 Å². The first kappa shape index (κ1) is 14.9. The third-order valence-corrected chi connectivity index (χ3v) is 4.45. The van der Waals surface area contributed by atoms with Crippen LogP contribution in [0, 0.1) is 0 Å². The van der Waals surface area contributed by atoms with Crippen LogP contribution in [0.2, 0.25) is 0 Å². The highest BCUT2D eigenvalue weighted by Gasteiger charge is 2.42. The van der Waals surface area contributed by atoms with Crippen LogP contribution < -0.4 is 4.90 Å². The molecule has 3 unspecified atom stereocenters. The van der Waals surface area contributed by atoms with E-state index < -0.39 is 12.0 Å². The van der Waals surface area contributed by atoms with E-state index in [9.17, 15) is 9.90 Å². The first-order chi connectivity index (χ1) is 10.6. The van der Waals surface area contributed by atoms with Gasteiger partial charge in [-0.1, -0.05) is 0 Å². The first-order valence-electron chi connectivity index (χ1n) is 7.71. The molecule has 3 rings (SSSR count). The van der Waals surface area contributed by atoms with Gasteiger partial charge in [0.25, 0.3) is 0 Å². The Labute approximate surface area is 129 Å². The summed E-state index contributed by atoms with van der Waals surface area (Å²) in [5.74, 6) is -1.06. The Morgan fingerprint density at radius 3 is 2.86 bits per heavy atom. The Balaban J connectivity index is 2.18. The van der Waals surface area contributed by atoms with Crippen molar-refractivity contribution >= 4 is 22.6 Å². The van der Waals surface area contributed by atoms with Gasteiger partial charge >= 0.3 is 5.97 Å². The van der Waals surface area contributed by atoms with Crippen LogP contribution in [-0.2, 0) is 9.53 Å². The lowest BCUT2D eigenvalue weighted by atomic mass is 9.83. The summed E-state index contributed by atoms with van der Waals surface area (Å²) in [5.41, 5.74) is 2.45. The fraction of sp³-hybridized carbons (Fsp3) is 0.471. The average molecular weight is 303 g/mol. The summed E-state index contributed by atoms with van der Waals surface area (Å²) >= 11 is 0. The number of furan rings is 1. The lowest BCUT2D eigenvalue weighted by molar-refractivity contribution is -0.148. The van der Waals surface area contributed by atoms with Gasteiger partial charge < -0.3 is 19.2 Å². The van der Waals surface area contributed by atoms with Crippen molar-refractivity contribution < 1.29 is 19.1 Å². The van der Waals surface area contributed by atoms with E-state index in [4.69, 9.17) is 9.15 Å². The fourth-order valence-electron chi connectivity index (χ4n) is 3.33. The number of aliphatic hydroxyl groups excluding tert-OH is 1. The van der Waals surface area contributed by atoms with Crippen molar-refractivity contribution in [2.45, 2.75) is 38.8 Å². The molecule has 1 aliphatic heterocycles. The molecule has 0 fully saturated rings. The molecule has 1 aromatic heterocycles. The summed E-state index contributed by atoms with van der Waals surface area (Å²) in [7, 11) is 0. The van der Waals surface area contributed by atoms with E-state index in [1.165, 1.54) is 0 Å². The number of likely N-dealkylation sites (N-methyl/N-ethyl adjacent to an activating group) is 1. The lowest BCUT2D eigenvalue weighted by Gasteiger charge is -2.42.